The van der Waals surface area contributed by atoms with Gasteiger partial charge < -0.3 is 14.8 Å². The molecule has 0 saturated heterocycles. The maximum Gasteiger partial charge on any atom is 0.339 e. The number of para-hydroxylation sites is 1. The molecular formula is C16H15NO3S. The molecule has 0 fully saturated rings. The fraction of sp³-hybridized carbons (Fsp3) is 0.188. The van der Waals surface area contributed by atoms with Crippen LogP contribution < -0.4 is 5.32 Å². The lowest BCUT2D eigenvalue weighted by Gasteiger charge is -2.10. The number of rotatable bonds is 5. The van der Waals surface area contributed by atoms with Crippen LogP contribution in [0, 0.1) is 0 Å². The van der Waals surface area contributed by atoms with Crippen LogP contribution in [0.2, 0.25) is 0 Å². The summed E-state index contributed by atoms with van der Waals surface area (Å²) in [6.07, 6.45) is 0. The standard InChI is InChI=1S/C16H15NO3S/c1-10(14-7-4-8-21-14)17-9-13-15(16(18)19)11-5-2-3-6-12(11)20-13/h2-8,10,17H,9H2,1H3,(H,18,19)/t10-/m1/s1. The molecule has 0 aliphatic rings. The van der Waals surface area contributed by atoms with Gasteiger partial charge in [0.25, 0.3) is 0 Å². The molecule has 3 aromatic rings. The van der Waals surface area contributed by atoms with Crippen molar-refractivity contribution >= 4 is 28.3 Å². The van der Waals surface area contributed by atoms with Crippen molar-refractivity contribution in [1.29, 1.82) is 0 Å². The summed E-state index contributed by atoms with van der Waals surface area (Å²) in [6.45, 7) is 2.43. The van der Waals surface area contributed by atoms with E-state index in [-0.39, 0.29) is 11.6 Å². The summed E-state index contributed by atoms with van der Waals surface area (Å²) >= 11 is 1.67. The van der Waals surface area contributed by atoms with Gasteiger partial charge in [-0.3, -0.25) is 0 Å². The van der Waals surface area contributed by atoms with E-state index in [0.717, 1.165) is 0 Å². The number of thiophene rings is 1. The number of carboxylic acids is 1. The summed E-state index contributed by atoms with van der Waals surface area (Å²) in [6, 6.07) is 11.4. The zero-order valence-corrected chi connectivity index (χ0v) is 12.3. The highest BCUT2D eigenvalue weighted by Gasteiger charge is 2.20. The minimum atomic E-state index is -0.958. The van der Waals surface area contributed by atoms with E-state index in [1.807, 2.05) is 23.6 Å². The first-order valence-corrected chi connectivity index (χ1v) is 7.55. The Kier molecular flexibility index (Phi) is 3.77. The molecular weight excluding hydrogens is 286 g/mol. The Bertz CT molecular complexity index is 761. The average molecular weight is 301 g/mol. The molecule has 5 heteroatoms. The van der Waals surface area contributed by atoms with E-state index in [1.165, 1.54) is 4.88 Å². The van der Waals surface area contributed by atoms with Crippen LogP contribution in [0.4, 0.5) is 0 Å². The van der Waals surface area contributed by atoms with Crippen LogP contribution in [-0.4, -0.2) is 11.1 Å². The van der Waals surface area contributed by atoms with Gasteiger partial charge in [0, 0.05) is 16.3 Å². The largest absolute Gasteiger partial charge is 0.478 e. The Hall–Kier alpha value is -2.11. The lowest BCUT2D eigenvalue weighted by molar-refractivity contribution is 0.0696. The SMILES string of the molecule is C[C@@H](NCc1oc2ccccc2c1C(=O)O)c1cccs1. The summed E-state index contributed by atoms with van der Waals surface area (Å²) in [5.74, 6) is -0.493. The Labute approximate surface area is 126 Å². The number of nitrogens with one attached hydrogen (secondary N) is 1. The topological polar surface area (TPSA) is 62.5 Å². The van der Waals surface area contributed by atoms with Crippen LogP contribution in [0.15, 0.2) is 46.2 Å². The summed E-state index contributed by atoms with van der Waals surface area (Å²) < 4.78 is 5.69. The van der Waals surface area contributed by atoms with E-state index in [9.17, 15) is 9.90 Å². The number of aromatic carboxylic acids is 1. The molecule has 0 saturated carbocycles. The first-order valence-electron chi connectivity index (χ1n) is 6.67. The zero-order valence-electron chi connectivity index (χ0n) is 11.5. The number of furan rings is 1. The van der Waals surface area contributed by atoms with Crippen molar-refractivity contribution in [1.82, 2.24) is 5.32 Å². The van der Waals surface area contributed by atoms with Crippen molar-refractivity contribution in [3.05, 3.63) is 58.0 Å². The van der Waals surface area contributed by atoms with Gasteiger partial charge >= 0.3 is 5.97 Å². The molecule has 2 aromatic heterocycles. The third kappa shape index (κ3) is 2.70. The van der Waals surface area contributed by atoms with Gasteiger partial charge in [-0.2, -0.15) is 0 Å². The van der Waals surface area contributed by atoms with Gasteiger partial charge in [0.15, 0.2) is 0 Å². The van der Waals surface area contributed by atoms with Crippen molar-refractivity contribution in [2.24, 2.45) is 0 Å². The first kappa shape index (κ1) is 13.9. The smallest absolute Gasteiger partial charge is 0.339 e. The highest BCUT2D eigenvalue weighted by atomic mass is 32.1. The Balaban J connectivity index is 1.86. The molecule has 1 atom stereocenters. The summed E-state index contributed by atoms with van der Waals surface area (Å²) in [5, 5.41) is 15.4. The molecule has 0 unspecified atom stereocenters. The molecule has 2 N–H and O–H groups in total. The summed E-state index contributed by atoms with van der Waals surface area (Å²) in [5.41, 5.74) is 0.854. The third-order valence-electron chi connectivity index (χ3n) is 3.42. The van der Waals surface area contributed by atoms with Crippen LogP contribution in [0.3, 0.4) is 0 Å². The highest BCUT2D eigenvalue weighted by Crippen LogP contribution is 2.27. The Morgan fingerprint density at radius 2 is 2.14 bits per heavy atom. The number of carboxylic acid groups (broad SMARTS) is 1. The normalized spacial score (nSPS) is 12.6. The minimum Gasteiger partial charge on any atom is -0.478 e. The van der Waals surface area contributed by atoms with Gasteiger partial charge in [-0.15, -0.1) is 11.3 Å². The number of hydrogen-bond acceptors (Lipinski definition) is 4. The van der Waals surface area contributed by atoms with E-state index >= 15 is 0 Å². The Morgan fingerprint density at radius 1 is 1.33 bits per heavy atom. The summed E-state index contributed by atoms with van der Waals surface area (Å²) in [7, 11) is 0. The summed E-state index contributed by atoms with van der Waals surface area (Å²) in [4.78, 5) is 12.7. The van der Waals surface area contributed by atoms with Crippen molar-refractivity contribution < 1.29 is 14.3 Å². The van der Waals surface area contributed by atoms with Crippen molar-refractivity contribution in [3.63, 3.8) is 0 Å². The lowest BCUT2D eigenvalue weighted by atomic mass is 10.1. The molecule has 3 rings (SSSR count). The monoisotopic (exact) mass is 301 g/mol. The number of benzene rings is 1. The Morgan fingerprint density at radius 3 is 2.86 bits per heavy atom. The van der Waals surface area contributed by atoms with Crippen LogP contribution in [0.25, 0.3) is 11.0 Å². The molecule has 0 aliphatic carbocycles. The first-order chi connectivity index (χ1) is 10.2. The van der Waals surface area contributed by atoms with Crippen LogP contribution in [0.5, 0.6) is 0 Å². The quantitative estimate of drug-likeness (QED) is 0.746. The van der Waals surface area contributed by atoms with Gasteiger partial charge in [0.1, 0.15) is 16.9 Å². The molecule has 0 aliphatic heterocycles. The van der Waals surface area contributed by atoms with E-state index in [0.29, 0.717) is 23.3 Å². The number of fused-ring (bicyclic) bond motifs is 1. The van der Waals surface area contributed by atoms with E-state index in [4.69, 9.17) is 4.42 Å². The van der Waals surface area contributed by atoms with E-state index in [1.54, 1.807) is 23.5 Å². The third-order valence-corrected chi connectivity index (χ3v) is 4.48. The maximum atomic E-state index is 11.5. The second kappa shape index (κ2) is 5.71. The van der Waals surface area contributed by atoms with E-state index < -0.39 is 5.97 Å². The molecule has 108 valence electrons. The predicted molar refractivity (Wildman–Crippen MR) is 82.7 cm³/mol. The fourth-order valence-electron chi connectivity index (χ4n) is 2.34. The van der Waals surface area contributed by atoms with Gasteiger partial charge in [-0.25, -0.2) is 4.79 Å². The highest BCUT2D eigenvalue weighted by molar-refractivity contribution is 7.10. The second-order valence-electron chi connectivity index (χ2n) is 4.82. The van der Waals surface area contributed by atoms with Gasteiger partial charge in [-0.1, -0.05) is 24.3 Å². The van der Waals surface area contributed by atoms with Gasteiger partial charge in [-0.05, 0) is 24.4 Å². The minimum absolute atomic E-state index is 0.153. The lowest BCUT2D eigenvalue weighted by Crippen LogP contribution is -2.18. The molecule has 0 radical (unpaired) electrons. The van der Waals surface area contributed by atoms with Crippen molar-refractivity contribution in [2.75, 3.05) is 0 Å². The molecule has 21 heavy (non-hydrogen) atoms. The fourth-order valence-corrected chi connectivity index (χ4v) is 3.10. The van der Waals surface area contributed by atoms with Crippen molar-refractivity contribution in [3.8, 4) is 0 Å². The number of carbonyl (C=O) groups is 1. The molecule has 2 heterocycles. The average Bonchev–Trinajstić information content (AvgIpc) is 3.11. The van der Waals surface area contributed by atoms with E-state index in [2.05, 4.69) is 18.3 Å². The number of hydrogen-bond donors (Lipinski definition) is 2. The molecule has 0 spiro atoms. The second-order valence-corrected chi connectivity index (χ2v) is 5.80. The predicted octanol–water partition coefficient (Wildman–Crippen LogP) is 4.04. The van der Waals surface area contributed by atoms with Crippen LogP contribution in [-0.2, 0) is 6.54 Å². The van der Waals surface area contributed by atoms with Gasteiger partial charge in [0.2, 0.25) is 0 Å². The molecule has 4 nitrogen and oxygen atoms in total. The van der Waals surface area contributed by atoms with Crippen LogP contribution in [0.1, 0.15) is 34.0 Å². The van der Waals surface area contributed by atoms with Crippen molar-refractivity contribution in [2.45, 2.75) is 19.5 Å². The molecule has 0 amide bonds. The maximum absolute atomic E-state index is 11.5. The molecule has 0 bridgehead atoms. The van der Waals surface area contributed by atoms with Gasteiger partial charge in [0.05, 0.1) is 6.54 Å². The zero-order chi connectivity index (χ0) is 14.8. The van der Waals surface area contributed by atoms with Crippen LogP contribution >= 0.6 is 11.3 Å². The molecule has 1 aromatic carbocycles.